The first-order chi connectivity index (χ1) is 10.3. The number of piperazine rings is 1. The van der Waals surface area contributed by atoms with E-state index in [1.165, 1.54) is 4.90 Å². The van der Waals surface area contributed by atoms with Crippen LogP contribution in [0.25, 0.3) is 0 Å². The van der Waals surface area contributed by atoms with Gasteiger partial charge in [0.1, 0.15) is 0 Å². The topological polar surface area (TPSA) is 60.9 Å². The lowest BCUT2D eigenvalue weighted by Crippen LogP contribution is -2.47. The van der Waals surface area contributed by atoms with Crippen LogP contribution in [0, 0.1) is 0 Å². The van der Waals surface area contributed by atoms with Crippen LogP contribution in [0.15, 0.2) is 24.3 Å². The Labute approximate surface area is 132 Å². The fourth-order valence-corrected chi connectivity index (χ4v) is 3.89. The van der Waals surface area contributed by atoms with Gasteiger partial charge in [0.05, 0.1) is 5.75 Å². The fraction of sp³-hybridized carbons (Fsp3) is 0.533. The molecule has 0 saturated carbocycles. The van der Waals surface area contributed by atoms with Crippen molar-refractivity contribution in [2.24, 2.45) is 0 Å². The van der Waals surface area contributed by atoms with E-state index in [0.29, 0.717) is 24.2 Å². The predicted molar refractivity (Wildman–Crippen MR) is 86.2 cm³/mol. The second-order valence-electron chi connectivity index (χ2n) is 5.86. The van der Waals surface area contributed by atoms with Crippen LogP contribution in [0.2, 0.25) is 0 Å². The molecule has 1 saturated heterocycles. The van der Waals surface area contributed by atoms with E-state index in [4.69, 9.17) is 0 Å². The largest absolute Gasteiger partial charge is 0.345 e. The van der Waals surface area contributed by atoms with E-state index >= 15 is 0 Å². The van der Waals surface area contributed by atoms with E-state index in [2.05, 4.69) is 4.90 Å². The number of carbonyl (C=O) groups is 1. The Morgan fingerprint density at radius 3 is 2.14 bits per heavy atom. The molecule has 1 aliphatic heterocycles. The number of likely N-dealkylation sites (N-methyl/N-ethyl adjacent to an activating group) is 1. The molecule has 0 radical (unpaired) electrons. The molecule has 6 nitrogen and oxygen atoms in total. The summed E-state index contributed by atoms with van der Waals surface area (Å²) in [5, 5.41) is 0. The summed E-state index contributed by atoms with van der Waals surface area (Å²) >= 11 is 0. The molecular formula is C15H23N3O3S. The maximum atomic E-state index is 12.4. The van der Waals surface area contributed by atoms with Crippen LogP contribution in [0.3, 0.4) is 0 Å². The van der Waals surface area contributed by atoms with E-state index in [0.717, 1.165) is 13.1 Å². The summed E-state index contributed by atoms with van der Waals surface area (Å²) in [6.07, 6.45) is 0. The normalized spacial score (nSPS) is 17.4. The van der Waals surface area contributed by atoms with Gasteiger partial charge in [0, 0.05) is 45.8 Å². The average molecular weight is 325 g/mol. The van der Waals surface area contributed by atoms with E-state index < -0.39 is 10.0 Å². The zero-order chi connectivity index (χ0) is 16.3. The maximum Gasteiger partial charge on any atom is 0.253 e. The van der Waals surface area contributed by atoms with Crippen molar-refractivity contribution in [3.8, 4) is 0 Å². The van der Waals surface area contributed by atoms with Crippen molar-refractivity contribution in [3.63, 3.8) is 0 Å². The fourth-order valence-electron chi connectivity index (χ4n) is 2.37. The molecule has 1 aromatic carbocycles. The Morgan fingerprint density at radius 1 is 1.09 bits per heavy atom. The number of amides is 1. The number of nitrogens with zero attached hydrogens (tertiary/aromatic N) is 3. The van der Waals surface area contributed by atoms with Gasteiger partial charge in [0.25, 0.3) is 5.91 Å². The minimum absolute atomic E-state index is 0.0207. The van der Waals surface area contributed by atoms with E-state index in [-0.39, 0.29) is 11.7 Å². The molecule has 2 rings (SSSR count). The highest BCUT2D eigenvalue weighted by atomic mass is 32.2. The molecule has 0 spiro atoms. The molecule has 1 heterocycles. The Balaban J connectivity index is 2.05. The maximum absolute atomic E-state index is 12.4. The highest BCUT2D eigenvalue weighted by molar-refractivity contribution is 7.88. The summed E-state index contributed by atoms with van der Waals surface area (Å²) in [7, 11) is 2.07. The van der Waals surface area contributed by atoms with Gasteiger partial charge in [-0.1, -0.05) is 12.1 Å². The Hall–Kier alpha value is -1.44. The zero-order valence-electron chi connectivity index (χ0n) is 13.3. The van der Waals surface area contributed by atoms with Crippen molar-refractivity contribution >= 4 is 15.9 Å². The summed E-state index contributed by atoms with van der Waals surface area (Å²) in [6.45, 7) is 2.59. The van der Waals surface area contributed by atoms with Crippen molar-refractivity contribution in [1.29, 1.82) is 0 Å². The molecule has 0 bridgehead atoms. The van der Waals surface area contributed by atoms with Crippen molar-refractivity contribution in [2.45, 2.75) is 5.75 Å². The summed E-state index contributed by atoms with van der Waals surface area (Å²) in [5.74, 6) is -0.110. The third-order valence-corrected chi connectivity index (χ3v) is 5.66. The van der Waals surface area contributed by atoms with Gasteiger partial charge in [-0.15, -0.1) is 0 Å². The highest BCUT2D eigenvalue weighted by Crippen LogP contribution is 2.14. The highest BCUT2D eigenvalue weighted by Gasteiger charge is 2.25. The van der Waals surface area contributed by atoms with Crippen molar-refractivity contribution < 1.29 is 13.2 Å². The van der Waals surface area contributed by atoms with Crippen LogP contribution in [0.1, 0.15) is 15.9 Å². The third kappa shape index (κ3) is 4.06. The molecule has 1 aromatic rings. The van der Waals surface area contributed by atoms with Crippen molar-refractivity contribution in [1.82, 2.24) is 14.1 Å². The van der Waals surface area contributed by atoms with Gasteiger partial charge in [-0.2, -0.15) is 4.31 Å². The van der Waals surface area contributed by atoms with Crippen LogP contribution >= 0.6 is 0 Å². The standard InChI is InChI=1S/C15H23N3O3S/c1-16(2)15(19)14-6-4-13(5-7-14)12-22(20,21)18-10-8-17(3)9-11-18/h4-7H,8-12H2,1-3H3. The molecule has 1 fully saturated rings. The molecule has 0 aliphatic carbocycles. The number of carbonyl (C=O) groups excluding carboxylic acids is 1. The average Bonchev–Trinajstić information content (AvgIpc) is 2.47. The lowest BCUT2D eigenvalue weighted by atomic mass is 10.1. The van der Waals surface area contributed by atoms with Gasteiger partial charge in [-0.05, 0) is 24.7 Å². The summed E-state index contributed by atoms with van der Waals surface area (Å²) in [4.78, 5) is 15.4. The lowest BCUT2D eigenvalue weighted by molar-refractivity contribution is 0.0827. The third-order valence-electron chi connectivity index (χ3n) is 3.81. The van der Waals surface area contributed by atoms with Crippen LogP contribution in [-0.4, -0.2) is 75.8 Å². The zero-order valence-corrected chi connectivity index (χ0v) is 14.1. The molecular weight excluding hydrogens is 302 g/mol. The number of rotatable bonds is 4. The molecule has 0 atom stereocenters. The second kappa shape index (κ2) is 6.76. The summed E-state index contributed by atoms with van der Waals surface area (Å²) in [5.41, 5.74) is 1.26. The minimum atomic E-state index is -3.30. The Kier molecular flexibility index (Phi) is 5.20. The molecule has 0 N–H and O–H groups in total. The van der Waals surface area contributed by atoms with Gasteiger partial charge in [-0.3, -0.25) is 4.79 Å². The first-order valence-electron chi connectivity index (χ1n) is 7.26. The lowest BCUT2D eigenvalue weighted by Gasteiger charge is -2.31. The second-order valence-corrected chi connectivity index (χ2v) is 7.82. The number of hydrogen-bond donors (Lipinski definition) is 0. The van der Waals surface area contributed by atoms with E-state index in [9.17, 15) is 13.2 Å². The SMILES string of the molecule is CN1CCN(S(=O)(=O)Cc2ccc(C(=O)N(C)C)cc2)CC1. The predicted octanol–water partition coefficient (Wildman–Crippen LogP) is 0.466. The van der Waals surface area contributed by atoms with Crippen LogP contribution in [0.4, 0.5) is 0 Å². The quantitative estimate of drug-likeness (QED) is 0.807. The van der Waals surface area contributed by atoms with Crippen molar-refractivity contribution in [2.75, 3.05) is 47.3 Å². The van der Waals surface area contributed by atoms with Gasteiger partial charge in [0.2, 0.25) is 10.0 Å². The number of benzene rings is 1. The van der Waals surface area contributed by atoms with Crippen LogP contribution in [-0.2, 0) is 15.8 Å². The summed E-state index contributed by atoms with van der Waals surface area (Å²) in [6, 6.07) is 6.78. The van der Waals surface area contributed by atoms with E-state index in [1.54, 1.807) is 42.7 Å². The van der Waals surface area contributed by atoms with Gasteiger partial charge >= 0.3 is 0 Å². The smallest absolute Gasteiger partial charge is 0.253 e. The van der Waals surface area contributed by atoms with Gasteiger partial charge in [-0.25, -0.2) is 8.42 Å². The van der Waals surface area contributed by atoms with Crippen molar-refractivity contribution in [3.05, 3.63) is 35.4 Å². The first-order valence-corrected chi connectivity index (χ1v) is 8.87. The molecule has 7 heteroatoms. The minimum Gasteiger partial charge on any atom is -0.345 e. The molecule has 22 heavy (non-hydrogen) atoms. The van der Waals surface area contributed by atoms with E-state index in [1.807, 2.05) is 7.05 Å². The molecule has 1 amide bonds. The number of hydrogen-bond acceptors (Lipinski definition) is 4. The molecule has 0 unspecified atom stereocenters. The Bertz CT molecular complexity index is 618. The number of sulfonamides is 1. The first kappa shape index (κ1) is 16.9. The Morgan fingerprint density at radius 2 is 1.64 bits per heavy atom. The molecule has 1 aliphatic rings. The van der Waals surface area contributed by atoms with Gasteiger partial charge < -0.3 is 9.80 Å². The van der Waals surface area contributed by atoms with Crippen LogP contribution in [0.5, 0.6) is 0 Å². The molecule has 0 aromatic heterocycles. The molecule has 122 valence electrons. The van der Waals surface area contributed by atoms with Crippen LogP contribution < -0.4 is 0 Å². The monoisotopic (exact) mass is 325 g/mol. The summed E-state index contributed by atoms with van der Waals surface area (Å²) < 4.78 is 26.4. The van der Waals surface area contributed by atoms with Gasteiger partial charge in [0.15, 0.2) is 0 Å².